The van der Waals surface area contributed by atoms with Gasteiger partial charge < -0.3 is 20.9 Å². The van der Waals surface area contributed by atoms with Crippen LogP contribution in [-0.4, -0.2) is 60.9 Å². The summed E-state index contributed by atoms with van der Waals surface area (Å²) in [4.78, 5) is 41.4. The summed E-state index contributed by atoms with van der Waals surface area (Å²) in [5.74, 6) is 0.146. The molecular formula is C31H46N4O3. The maximum absolute atomic E-state index is 13.4. The van der Waals surface area contributed by atoms with E-state index in [0.29, 0.717) is 31.8 Å². The summed E-state index contributed by atoms with van der Waals surface area (Å²) in [6, 6.07) is 13.0. The minimum Gasteiger partial charge on any atom is -0.354 e. The summed E-state index contributed by atoms with van der Waals surface area (Å²) in [5.41, 5.74) is 0.422. The summed E-state index contributed by atoms with van der Waals surface area (Å²) in [6.45, 7) is 13.0. The van der Waals surface area contributed by atoms with Crippen LogP contribution in [0.2, 0.25) is 0 Å². The molecule has 2 atom stereocenters. The predicted molar refractivity (Wildman–Crippen MR) is 154 cm³/mol. The SMILES string of the molecule is CC(C)CNCCCCNC(=O)[C@@H](Cc1ccc2ccccc2c1)NC(=O)C1CCCN1C(=O)C(C)(C)C. The maximum Gasteiger partial charge on any atom is 0.243 e. The van der Waals surface area contributed by atoms with Crippen molar-refractivity contribution in [1.29, 1.82) is 0 Å². The average molecular weight is 523 g/mol. The monoisotopic (exact) mass is 522 g/mol. The third kappa shape index (κ3) is 8.55. The zero-order valence-corrected chi connectivity index (χ0v) is 23.8. The first-order valence-electron chi connectivity index (χ1n) is 14.1. The number of carbonyl (C=O) groups is 3. The Morgan fingerprint density at radius 2 is 1.71 bits per heavy atom. The quantitative estimate of drug-likeness (QED) is 0.367. The molecule has 3 rings (SSSR count). The number of hydrogen-bond acceptors (Lipinski definition) is 4. The Hall–Kier alpha value is -2.93. The van der Waals surface area contributed by atoms with Gasteiger partial charge in [0.05, 0.1) is 0 Å². The Kier molecular flexibility index (Phi) is 10.7. The Labute approximate surface area is 228 Å². The second kappa shape index (κ2) is 13.7. The van der Waals surface area contributed by atoms with Gasteiger partial charge in [0, 0.05) is 24.9 Å². The van der Waals surface area contributed by atoms with E-state index in [1.54, 1.807) is 4.90 Å². The number of nitrogens with zero attached hydrogens (tertiary/aromatic N) is 1. The fourth-order valence-corrected chi connectivity index (χ4v) is 4.89. The Morgan fingerprint density at radius 1 is 1.00 bits per heavy atom. The van der Waals surface area contributed by atoms with Crippen LogP contribution < -0.4 is 16.0 Å². The maximum atomic E-state index is 13.4. The van der Waals surface area contributed by atoms with Crippen molar-refractivity contribution in [3.63, 3.8) is 0 Å². The molecule has 1 aliphatic heterocycles. The van der Waals surface area contributed by atoms with E-state index in [9.17, 15) is 14.4 Å². The molecule has 3 amide bonds. The van der Waals surface area contributed by atoms with Gasteiger partial charge in [0.2, 0.25) is 17.7 Å². The van der Waals surface area contributed by atoms with Crippen molar-refractivity contribution in [2.75, 3.05) is 26.2 Å². The van der Waals surface area contributed by atoms with Gasteiger partial charge in [-0.25, -0.2) is 0 Å². The van der Waals surface area contributed by atoms with Gasteiger partial charge >= 0.3 is 0 Å². The summed E-state index contributed by atoms with van der Waals surface area (Å²) in [7, 11) is 0. The van der Waals surface area contributed by atoms with Gasteiger partial charge in [-0.15, -0.1) is 0 Å². The van der Waals surface area contributed by atoms with Crippen LogP contribution in [0.1, 0.15) is 65.9 Å². The highest BCUT2D eigenvalue weighted by Crippen LogP contribution is 2.26. The first-order chi connectivity index (χ1) is 18.1. The molecular weight excluding hydrogens is 476 g/mol. The lowest BCUT2D eigenvalue weighted by Gasteiger charge is -2.31. The van der Waals surface area contributed by atoms with E-state index in [4.69, 9.17) is 0 Å². The molecule has 208 valence electrons. The van der Waals surface area contributed by atoms with E-state index in [1.165, 1.54) is 0 Å². The van der Waals surface area contributed by atoms with Gasteiger partial charge in [-0.1, -0.05) is 77.1 Å². The largest absolute Gasteiger partial charge is 0.354 e. The molecule has 38 heavy (non-hydrogen) atoms. The summed E-state index contributed by atoms with van der Waals surface area (Å²) in [6.07, 6.45) is 3.62. The topological polar surface area (TPSA) is 90.5 Å². The van der Waals surface area contributed by atoms with Crippen molar-refractivity contribution in [2.45, 2.75) is 78.8 Å². The van der Waals surface area contributed by atoms with Crippen LogP contribution in [0, 0.1) is 11.3 Å². The minimum absolute atomic E-state index is 0.0308. The lowest BCUT2D eigenvalue weighted by molar-refractivity contribution is -0.145. The van der Waals surface area contributed by atoms with Crippen molar-refractivity contribution in [3.05, 3.63) is 48.0 Å². The van der Waals surface area contributed by atoms with Gasteiger partial charge in [-0.05, 0) is 61.0 Å². The zero-order valence-electron chi connectivity index (χ0n) is 23.8. The summed E-state index contributed by atoms with van der Waals surface area (Å²) < 4.78 is 0. The van der Waals surface area contributed by atoms with E-state index in [-0.39, 0.29) is 17.7 Å². The molecule has 7 nitrogen and oxygen atoms in total. The molecule has 0 aliphatic carbocycles. The Balaban J connectivity index is 1.67. The number of rotatable bonds is 12. The Morgan fingerprint density at radius 3 is 2.42 bits per heavy atom. The van der Waals surface area contributed by atoms with Crippen LogP contribution in [-0.2, 0) is 20.8 Å². The van der Waals surface area contributed by atoms with Gasteiger partial charge in [0.25, 0.3) is 0 Å². The van der Waals surface area contributed by atoms with Gasteiger partial charge in [-0.2, -0.15) is 0 Å². The average Bonchev–Trinajstić information content (AvgIpc) is 3.36. The second-order valence-electron chi connectivity index (χ2n) is 11.9. The summed E-state index contributed by atoms with van der Waals surface area (Å²) >= 11 is 0. The summed E-state index contributed by atoms with van der Waals surface area (Å²) in [5, 5.41) is 11.7. The first-order valence-corrected chi connectivity index (χ1v) is 14.1. The molecule has 2 aromatic rings. The third-order valence-electron chi connectivity index (χ3n) is 6.98. The number of benzene rings is 2. The van der Waals surface area contributed by atoms with E-state index >= 15 is 0 Å². The Bertz CT molecular complexity index is 1090. The fraction of sp³-hybridized carbons (Fsp3) is 0.581. The molecule has 1 heterocycles. The number of likely N-dealkylation sites (tertiary alicyclic amines) is 1. The standard InChI is InChI=1S/C31H46N4O3/c1-22(2)21-32-16-8-9-17-33-28(36)26(20-23-14-15-24-11-6-7-12-25(24)19-23)34-29(37)27-13-10-18-35(27)30(38)31(3,4)5/h6-7,11-12,14-15,19,22,26-27,32H,8-10,13,16-18,20-21H2,1-5H3,(H,33,36)(H,34,37)/t26-,27?/m1/s1. The lowest BCUT2D eigenvalue weighted by atomic mass is 9.94. The molecule has 1 fully saturated rings. The van der Waals surface area contributed by atoms with E-state index < -0.39 is 17.5 Å². The van der Waals surface area contributed by atoms with Crippen molar-refractivity contribution in [1.82, 2.24) is 20.9 Å². The predicted octanol–water partition coefficient (Wildman–Crippen LogP) is 4.05. The molecule has 7 heteroatoms. The number of carbonyl (C=O) groups excluding carboxylic acids is 3. The fourth-order valence-electron chi connectivity index (χ4n) is 4.89. The number of fused-ring (bicyclic) bond motifs is 1. The zero-order chi connectivity index (χ0) is 27.7. The number of hydrogen-bond donors (Lipinski definition) is 3. The van der Waals surface area contributed by atoms with Crippen LogP contribution in [0.15, 0.2) is 42.5 Å². The molecule has 1 unspecified atom stereocenters. The van der Waals surface area contributed by atoms with Crippen LogP contribution in [0.4, 0.5) is 0 Å². The first kappa shape index (κ1) is 29.6. The van der Waals surface area contributed by atoms with Crippen LogP contribution in [0.3, 0.4) is 0 Å². The van der Waals surface area contributed by atoms with Gasteiger partial charge in [-0.3, -0.25) is 14.4 Å². The minimum atomic E-state index is -0.713. The normalized spacial score (nSPS) is 16.6. The van der Waals surface area contributed by atoms with Crippen molar-refractivity contribution in [2.24, 2.45) is 11.3 Å². The van der Waals surface area contributed by atoms with Crippen molar-refractivity contribution in [3.8, 4) is 0 Å². The van der Waals surface area contributed by atoms with Crippen LogP contribution >= 0.6 is 0 Å². The van der Waals surface area contributed by atoms with E-state index in [0.717, 1.165) is 48.7 Å². The molecule has 1 aliphatic rings. The highest BCUT2D eigenvalue weighted by atomic mass is 16.2. The van der Waals surface area contributed by atoms with Gasteiger partial charge in [0.15, 0.2) is 0 Å². The second-order valence-corrected chi connectivity index (χ2v) is 11.9. The van der Waals surface area contributed by atoms with Crippen molar-refractivity contribution < 1.29 is 14.4 Å². The highest BCUT2D eigenvalue weighted by Gasteiger charge is 2.39. The molecule has 0 spiro atoms. The molecule has 3 N–H and O–H groups in total. The highest BCUT2D eigenvalue weighted by molar-refractivity contribution is 5.93. The van der Waals surface area contributed by atoms with Gasteiger partial charge in [0.1, 0.15) is 12.1 Å². The molecule has 1 saturated heterocycles. The molecule has 0 bridgehead atoms. The van der Waals surface area contributed by atoms with Crippen molar-refractivity contribution >= 4 is 28.5 Å². The molecule has 0 saturated carbocycles. The molecule has 0 radical (unpaired) electrons. The molecule has 0 aromatic heterocycles. The number of nitrogens with one attached hydrogen (secondary N) is 3. The number of amides is 3. The smallest absolute Gasteiger partial charge is 0.243 e. The molecule has 2 aromatic carbocycles. The lowest BCUT2D eigenvalue weighted by Crippen LogP contribution is -2.55. The van der Waals surface area contributed by atoms with Crippen LogP contribution in [0.25, 0.3) is 10.8 Å². The third-order valence-corrected chi connectivity index (χ3v) is 6.98. The van der Waals surface area contributed by atoms with Crippen LogP contribution in [0.5, 0.6) is 0 Å². The van der Waals surface area contributed by atoms with E-state index in [2.05, 4.69) is 41.9 Å². The van der Waals surface area contributed by atoms with E-state index in [1.807, 2.05) is 51.1 Å². The number of unbranched alkanes of at least 4 members (excludes halogenated alkanes) is 1.